The number of carbonyl (C=O) groups excluding carboxylic acids is 1. The minimum absolute atomic E-state index is 0. The number of aryl methyl sites for hydroxylation is 2. The largest absolute Gasteiger partial charge is 0.356 e. The second-order valence-electron chi connectivity index (χ2n) is 7.66. The Bertz CT molecular complexity index is 911. The predicted molar refractivity (Wildman–Crippen MR) is 129 cm³/mol. The Labute approximate surface area is 194 Å². The van der Waals surface area contributed by atoms with E-state index < -0.39 is 0 Å². The smallest absolute Gasteiger partial charge is 0.227 e. The van der Waals surface area contributed by atoms with Gasteiger partial charge in [-0.1, -0.05) is 18.2 Å². The first kappa shape index (κ1) is 22.5. The molecule has 0 saturated heterocycles. The molecule has 3 heterocycles. The standard InChI is InChI=1S/C21H29N7O.HI/c1-15-24-19-10-9-17(14-28(19)26-15)25-21(22-2)23-12-5-8-20(29)27-13-11-16-6-3-4-7-18(16)27;/h3-4,6-7,17H,5,8-14H2,1-2H3,(H2,22,23,25);1H. The molecule has 1 aromatic heterocycles. The number of hydrogen-bond donors (Lipinski definition) is 2. The van der Waals surface area contributed by atoms with Gasteiger partial charge in [0.2, 0.25) is 5.91 Å². The molecule has 0 bridgehead atoms. The van der Waals surface area contributed by atoms with Crippen LogP contribution in [0.5, 0.6) is 0 Å². The molecule has 0 aliphatic carbocycles. The van der Waals surface area contributed by atoms with Gasteiger partial charge in [-0.25, -0.2) is 9.67 Å². The molecule has 30 heavy (non-hydrogen) atoms. The first-order valence-corrected chi connectivity index (χ1v) is 10.4. The van der Waals surface area contributed by atoms with Crippen molar-refractivity contribution in [1.82, 2.24) is 25.4 Å². The molecule has 0 spiro atoms. The minimum Gasteiger partial charge on any atom is -0.356 e. The van der Waals surface area contributed by atoms with Gasteiger partial charge >= 0.3 is 0 Å². The Hall–Kier alpha value is -2.17. The van der Waals surface area contributed by atoms with Crippen molar-refractivity contribution in [2.45, 2.75) is 51.6 Å². The summed E-state index contributed by atoms with van der Waals surface area (Å²) in [6.07, 6.45) is 4.18. The zero-order valence-corrected chi connectivity index (χ0v) is 19.9. The summed E-state index contributed by atoms with van der Waals surface area (Å²) in [6.45, 7) is 4.22. The van der Waals surface area contributed by atoms with Gasteiger partial charge in [0.05, 0.1) is 6.54 Å². The lowest BCUT2D eigenvalue weighted by atomic mass is 10.1. The Morgan fingerprint density at radius 2 is 2.13 bits per heavy atom. The molecule has 1 atom stereocenters. The van der Waals surface area contributed by atoms with E-state index in [0.29, 0.717) is 13.0 Å². The predicted octanol–water partition coefficient (Wildman–Crippen LogP) is 2.05. The number of hydrogen-bond acceptors (Lipinski definition) is 4. The molecule has 1 amide bonds. The summed E-state index contributed by atoms with van der Waals surface area (Å²) >= 11 is 0. The van der Waals surface area contributed by atoms with Crippen molar-refractivity contribution in [3.05, 3.63) is 41.5 Å². The molecule has 1 aromatic carbocycles. The number of aliphatic imine (C=N–C) groups is 1. The molecule has 2 N–H and O–H groups in total. The maximum atomic E-state index is 12.6. The third-order valence-corrected chi connectivity index (χ3v) is 5.58. The second kappa shape index (κ2) is 10.2. The molecule has 4 rings (SSSR count). The minimum atomic E-state index is 0. The summed E-state index contributed by atoms with van der Waals surface area (Å²) in [5.41, 5.74) is 2.34. The molecular formula is C21H30IN7O. The molecule has 2 aliphatic rings. The average Bonchev–Trinajstić information content (AvgIpc) is 3.32. The molecule has 2 aliphatic heterocycles. The van der Waals surface area contributed by atoms with Crippen LogP contribution in [0.25, 0.3) is 0 Å². The number of fused-ring (bicyclic) bond motifs is 2. The highest BCUT2D eigenvalue weighted by Gasteiger charge is 2.24. The molecule has 0 radical (unpaired) electrons. The molecular weight excluding hydrogens is 493 g/mol. The van der Waals surface area contributed by atoms with E-state index in [9.17, 15) is 4.79 Å². The fraction of sp³-hybridized carbons (Fsp3) is 0.524. The third-order valence-electron chi connectivity index (χ3n) is 5.58. The number of anilines is 1. The Kier molecular flexibility index (Phi) is 7.68. The van der Waals surface area contributed by atoms with E-state index in [1.165, 1.54) is 5.56 Å². The van der Waals surface area contributed by atoms with Crippen molar-refractivity contribution in [1.29, 1.82) is 0 Å². The van der Waals surface area contributed by atoms with E-state index in [2.05, 4.69) is 31.8 Å². The summed E-state index contributed by atoms with van der Waals surface area (Å²) in [5.74, 6) is 2.86. The number of nitrogens with zero attached hydrogens (tertiary/aromatic N) is 5. The van der Waals surface area contributed by atoms with Crippen LogP contribution >= 0.6 is 24.0 Å². The monoisotopic (exact) mass is 523 g/mol. The van der Waals surface area contributed by atoms with Gasteiger partial charge in [0, 0.05) is 44.7 Å². The van der Waals surface area contributed by atoms with E-state index in [4.69, 9.17) is 0 Å². The highest BCUT2D eigenvalue weighted by atomic mass is 127. The fourth-order valence-electron chi connectivity index (χ4n) is 4.12. The van der Waals surface area contributed by atoms with Gasteiger partial charge in [-0.05, 0) is 37.8 Å². The van der Waals surface area contributed by atoms with Crippen molar-refractivity contribution in [2.24, 2.45) is 4.99 Å². The van der Waals surface area contributed by atoms with Gasteiger partial charge in [-0.3, -0.25) is 9.79 Å². The number of benzene rings is 1. The zero-order chi connectivity index (χ0) is 20.2. The summed E-state index contributed by atoms with van der Waals surface area (Å²) in [7, 11) is 1.77. The first-order chi connectivity index (χ1) is 14.1. The van der Waals surface area contributed by atoms with Gasteiger partial charge in [0.25, 0.3) is 0 Å². The van der Waals surface area contributed by atoms with Crippen LogP contribution in [0.15, 0.2) is 29.3 Å². The maximum Gasteiger partial charge on any atom is 0.227 e. The number of carbonyl (C=O) groups is 1. The van der Waals surface area contributed by atoms with Crippen molar-refractivity contribution >= 4 is 41.5 Å². The van der Waals surface area contributed by atoms with Gasteiger partial charge in [0.15, 0.2) is 5.96 Å². The molecule has 2 aromatic rings. The lowest BCUT2D eigenvalue weighted by Crippen LogP contribution is -2.47. The number of nitrogens with one attached hydrogen (secondary N) is 2. The Morgan fingerprint density at radius 1 is 1.30 bits per heavy atom. The third kappa shape index (κ3) is 5.11. The summed E-state index contributed by atoms with van der Waals surface area (Å²) < 4.78 is 1.98. The number of para-hydroxylation sites is 1. The van der Waals surface area contributed by atoms with E-state index >= 15 is 0 Å². The Morgan fingerprint density at radius 3 is 2.97 bits per heavy atom. The zero-order valence-electron chi connectivity index (χ0n) is 17.6. The van der Waals surface area contributed by atoms with Crippen LogP contribution in [-0.4, -0.2) is 52.8 Å². The molecule has 0 fully saturated rings. The molecule has 1 unspecified atom stereocenters. The average molecular weight is 523 g/mol. The quantitative estimate of drug-likeness (QED) is 0.271. The summed E-state index contributed by atoms with van der Waals surface area (Å²) in [6, 6.07) is 8.45. The lowest BCUT2D eigenvalue weighted by molar-refractivity contribution is -0.118. The summed E-state index contributed by atoms with van der Waals surface area (Å²) in [4.78, 5) is 23.3. The Balaban J connectivity index is 0.00000256. The van der Waals surface area contributed by atoms with Crippen LogP contribution in [0.1, 0.15) is 36.5 Å². The van der Waals surface area contributed by atoms with Crippen molar-refractivity contribution in [2.75, 3.05) is 25.0 Å². The fourth-order valence-corrected chi connectivity index (χ4v) is 4.12. The topological polar surface area (TPSA) is 87.4 Å². The van der Waals surface area contributed by atoms with Gasteiger partial charge in [-0.15, -0.1) is 24.0 Å². The van der Waals surface area contributed by atoms with Crippen molar-refractivity contribution in [3.8, 4) is 0 Å². The highest BCUT2D eigenvalue weighted by molar-refractivity contribution is 14.0. The van der Waals surface area contributed by atoms with Crippen LogP contribution in [0.3, 0.4) is 0 Å². The SMILES string of the molecule is CN=C(NCCCC(=O)N1CCc2ccccc21)NC1CCc2nc(C)nn2C1.I. The molecule has 162 valence electrons. The number of amides is 1. The van der Waals surface area contributed by atoms with E-state index in [0.717, 1.165) is 62.1 Å². The van der Waals surface area contributed by atoms with Crippen LogP contribution < -0.4 is 15.5 Å². The van der Waals surface area contributed by atoms with Crippen LogP contribution in [0.2, 0.25) is 0 Å². The maximum absolute atomic E-state index is 12.6. The first-order valence-electron chi connectivity index (χ1n) is 10.4. The highest BCUT2D eigenvalue weighted by Crippen LogP contribution is 2.27. The van der Waals surface area contributed by atoms with Crippen molar-refractivity contribution in [3.63, 3.8) is 0 Å². The van der Waals surface area contributed by atoms with Gasteiger partial charge in [0.1, 0.15) is 11.6 Å². The van der Waals surface area contributed by atoms with Crippen molar-refractivity contribution < 1.29 is 4.79 Å². The second-order valence-corrected chi connectivity index (χ2v) is 7.66. The summed E-state index contributed by atoms with van der Waals surface area (Å²) in [5, 5.41) is 11.2. The number of rotatable bonds is 5. The van der Waals surface area contributed by atoms with E-state index in [-0.39, 0.29) is 35.9 Å². The number of guanidine groups is 1. The van der Waals surface area contributed by atoms with E-state index in [1.54, 1.807) is 7.05 Å². The van der Waals surface area contributed by atoms with Crippen LogP contribution in [-0.2, 0) is 24.2 Å². The molecule has 0 saturated carbocycles. The van der Waals surface area contributed by atoms with E-state index in [1.807, 2.05) is 34.7 Å². The molecule has 9 heteroatoms. The lowest BCUT2D eigenvalue weighted by Gasteiger charge is -2.25. The van der Waals surface area contributed by atoms with Gasteiger partial charge in [-0.2, -0.15) is 5.10 Å². The molecule has 8 nitrogen and oxygen atoms in total. The van der Waals surface area contributed by atoms with Crippen LogP contribution in [0, 0.1) is 6.92 Å². The van der Waals surface area contributed by atoms with Gasteiger partial charge < -0.3 is 15.5 Å². The number of aromatic nitrogens is 3. The normalized spacial score (nSPS) is 17.7. The van der Waals surface area contributed by atoms with Crippen LogP contribution in [0.4, 0.5) is 5.69 Å². The number of halogens is 1.